The molecule has 1 saturated heterocycles. The zero-order valence-electron chi connectivity index (χ0n) is 7.26. The van der Waals surface area contributed by atoms with E-state index in [9.17, 15) is 9.59 Å². The molecule has 1 rings (SSSR count). The van der Waals surface area contributed by atoms with Crippen LogP contribution in [-0.2, 0) is 9.59 Å². The SMILES string of the molecule is CCC(C)(S)C1CC(=O)NC1=O. The number of rotatable bonds is 2. The molecule has 3 nitrogen and oxygen atoms in total. The maximum absolute atomic E-state index is 11.2. The van der Waals surface area contributed by atoms with Crippen LogP contribution in [0, 0.1) is 5.92 Å². The molecule has 4 heteroatoms. The first-order chi connectivity index (χ1) is 5.47. The van der Waals surface area contributed by atoms with Crippen LogP contribution in [-0.4, -0.2) is 16.6 Å². The molecule has 1 fully saturated rings. The van der Waals surface area contributed by atoms with Gasteiger partial charge in [0.15, 0.2) is 0 Å². The largest absolute Gasteiger partial charge is 0.296 e. The third-order valence-corrected chi connectivity index (χ3v) is 3.06. The summed E-state index contributed by atoms with van der Waals surface area (Å²) >= 11 is 4.37. The molecule has 1 aliphatic rings. The molecule has 1 heterocycles. The van der Waals surface area contributed by atoms with Crippen molar-refractivity contribution in [2.45, 2.75) is 31.4 Å². The molecule has 2 unspecified atom stereocenters. The van der Waals surface area contributed by atoms with Crippen LogP contribution in [0.4, 0.5) is 0 Å². The van der Waals surface area contributed by atoms with Crippen molar-refractivity contribution in [2.24, 2.45) is 5.92 Å². The number of nitrogens with one attached hydrogen (secondary N) is 1. The number of hydrogen-bond donors (Lipinski definition) is 2. The van der Waals surface area contributed by atoms with Gasteiger partial charge in [0.2, 0.25) is 11.8 Å². The molecule has 0 spiro atoms. The Labute approximate surface area is 77.3 Å². The van der Waals surface area contributed by atoms with Crippen LogP contribution < -0.4 is 5.32 Å². The fraction of sp³-hybridized carbons (Fsp3) is 0.750. The normalized spacial score (nSPS) is 28.4. The summed E-state index contributed by atoms with van der Waals surface area (Å²) < 4.78 is -0.365. The van der Waals surface area contributed by atoms with Gasteiger partial charge in [0.1, 0.15) is 0 Å². The van der Waals surface area contributed by atoms with Gasteiger partial charge in [0.25, 0.3) is 0 Å². The van der Waals surface area contributed by atoms with Gasteiger partial charge < -0.3 is 0 Å². The maximum Gasteiger partial charge on any atom is 0.231 e. The van der Waals surface area contributed by atoms with Gasteiger partial charge in [-0.2, -0.15) is 12.6 Å². The lowest BCUT2D eigenvalue weighted by molar-refractivity contribution is -0.126. The van der Waals surface area contributed by atoms with E-state index in [0.717, 1.165) is 6.42 Å². The van der Waals surface area contributed by atoms with Crippen LogP contribution in [0.15, 0.2) is 0 Å². The maximum atomic E-state index is 11.2. The minimum absolute atomic E-state index is 0.181. The van der Waals surface area contributed by atoms with E-state index in [1.165, 1.54) is 0 Å². The Morgan fingerprint density at radius 2 is 2.25 bits per heavy atom. The van der Waals surface area contributed by atoms with Crippen molar-refractivity contribution in [3.63, 3.8) is 0 Å². The van der Waals surface area contributed by atoms with Crippen molar-refractivity contribution in [3.8, 4) is 0 Å². The molecule has 0 aromatic rings. The third-order valence-electron chi connectivity index (χ3n) is 2.44. The van der Waals surface area contributed by atoms with Crippen LogP contribution in [0.2, 0.25) is 0 Å². The van der Waals surface area contributed by atoms with E-state index in [1.54, 1.807) is 0 Å². The molecule has 0 aliphatic carbocycles. The highest BCUT2D eigenvalue weighted by Crippen LogP contribution is 2.33. The van der Waals surface area contributed by atoms with E-state index in [-0.39, 0.29) is 28.9 Å². The Kier molecular flexibility index (Phi) is 2.46. The van der Waals surface area contributed by atoms with Crippen LogP contribution in [0.3, 0.4) is 0 Å². The Balaban J connectivity index is 2.76. The average molecular weight is 187 g/mol. The molecule has 68 valence electrons. The summed E-state index contributed by atoms with van der Waals surface area (Å²) in [6.45, 7) is 3.85. The number of thiol groups is 1. The number of hydrogen-bond acceptors (Lipinski definition) is 3. The van der Waals surface area contributed by atoms with Gasteiger partial charge >= 0.3 is 0 Å². The van der Waals surface area contributed by atoms with Gasteiger partial charge in [-0.05, 0) is 13.3 Å². The first kappa shape index (κ1) is 9.58. The first-order valence-corrected chi connectivity index (χ1v) is 4.48. The Morgan fingerprint density at radius 1 is 1.67 bits per heavy atom. The predicted octanol–water partition coefficient (Wildman–Crippen LogP) is 0.748. The van der Waals surface area contributed by atoms with Crippen molar-refractivity contribution in [1.82, 2.24) is 5.32 Å². The quantitative estimate of drug-likeness (QED) is 0.495. The van der Waals surface area contributed by atoms with Crippen molar-refractivity contribution in [3.05, 3.63) is 0 Å². The van der Waals surface area contributed by atoms with Crippen molar-refractivity contribution in [1.29, 1.82) is 0 Å². The van der Waals surface area contributed by atoms with Crippen molar-refractivity contribution in [2.75, 3.05) is 0 Å². The zero-order valence-corrected chi connectivity index (χ0v) is 8.15. The van der Waals surface area contributed by atoms with Gasteiger partial charge in [-0.1, -0.05) is 6.92 Å². The average Bonchev–Trinajstić information content (AvgIpc) is 2.31. The third kappa shape index (κ3) is 1.63. The van der Waals surface area contributed by atoms with Crippen LogP contribution in [0.5, 0.6) is 0 Å². The van der Waals surface area contributed by atoms with Gasteiger partial charge in [0.05, 0.1) is 5.92 Å². The van der Waals surface area contributed by atoms with E-state index < -0.39 is 0 Å². The topological polar surface area (TPSA) is 46.2 Å². The molecule has 1 N–H and O–H groups in total. The molecule has 0 bridgehead atoms. The summed E-state index contributed by atoms with van der Waals surface area (Å²) in [7, 11) is 0. The van der Waals surface area contributed by atoms with Crippen molar-refractivity contribution < 1.29 is 9.59 Å². The summed E-state index contributed by atoms with van der Waals surface area (Å²) in [5, 5.41) is 2.28. The van der Waals surface area contributed by atoms with E-state index in [2.05, 4.69) is 17.9 Å². The van der Waals surface area contributed by atoms with Crippen LogP contribution >= 0.6 is 12.6 Å². The number of carbonyl (C=O) groups excluding carboxylic acids is 2. The fourth-order valence-corrected chi connectivity index (χ4v) is 1.51. The Hall–Kier alpha value is -0.510. The fourth-order valence-electron chi connectivity index (χ4n) is 1.30. The second-order valence-electron chi connectivity index (χ2n) is 3.38. The number of imide groups is 1. The molecule has 0 aromatic heterocycles. The minimum atomic E-state index is -0.365. The highest BCUT2D eigenvalue weighted by Gasteiger charge is 2.41. The lowest BCUT2D eigenvalue weighted by atomic mass is 9.89. The second kappa shape index (κ2) is 3.09. The Bertz CT molecular complexity index is 225. The summed E-state index contributed by atoms with van der Waals surface area (Å²) in [5.74, 6) is -0.628. The first-order valence-electron chi connectivity index (χ1n) is 4.03. The van der Waals surface area contributed by atoms with E-state index >= 15 is 0 Å². The number of amides is 2. The molecular weight excluding hydrogens is 174 g/mol. The van der Waals surface area contributed by atoms with Gasteiger partial charge in [-0.25, -0.2) is 0 Å². The molecule has 2 amide bonds. The molecular formula is C8H13NO2S. The Morgan fingerprint density at radius 3 is 2.58 bits per heavy atom. The lowest BCUT2D eigenvalue weighted by Crippen LogP contribution is -2.34. The molecule has 0 radical (unpaired) electrons. The predicted molar refractivity (Wildman–Crippen MR) is 48.9 cm³/mol. The summed E-state index contributed by atoms with van der Waals surface area (Å²) in [4.78, 5) is 22.1. The molecule has 1 aliphatic heterocycles. The minimum Gasteiger partial charge on any atom is -0.296 e. The van der Waals surface area contributed by atoms with Crippen LogP contribution in [0.1, 0.15) is 26.7 Å². The van der Waals surface area contributed by atoms with Crippen LogP contribution in [0.25, 0.3) is 0 Å². The molecule has 0 aromatic carbocycles. The lowest BCUT2D eigenvalue weighted by Gasteiger charge is -2.26. The zero-order chi connectivity index (χ0) is 9.35. The van der Waals surface area contributed by atoms with Gasteiger partial charge in [-0.3, -0.25) is 14.9 Å². The molecule has 0 saturated carbocycles. The van der Waals surface area contributed by atoms with Gasteiger partial charge in [0, 0.05) is 11.2 Å². The highest BCUT2D eigenvalue weighted by molar-refractivity contribution is 7.81. The van der Waals surface area contributed by atoms with Crippen molar-refractivity contribution >= 4 is 24.4 Å². The summed E-state index contributed by atoms with van der Waals surface area (Å²) in [6, 6.07) is 0. The highest BCUT2D eigenvalue weighted by atomic mass is 32.1. The van der Waals surface area contributed by atoms with E-state index in [1.807, 2.05) is 13.8 Å². The van der Waals surface area contributed by atoms with Gasteiger partial charge in [-0.15, -0.1) is 0 Å². The van der Waals surface area contributed by atoms with E-state index in [4.69, 9.17) is 0 Å². The summed E-state index contributed by atoms with van der Waals surface area (Å²) in [6.07, 6.45) is 1.06. The van der Waals surface area contributed by atoms with E-state index in [0.29, 0.717) is 0 Å². The second-order valence-corrected chi connectivity index (χ2v) is 4.40. The monoisotopic (exact) mass is 187 g/mol. The standard InChI is InChI=1S/C8H13NO2S/c1-3-8(2,12)5-4-6(10)9-7(5)11/h5,12H,3-4H2,1-2H3,(H,9,10,11). The molecule has 2 atom stereocenters. The number of carbonyl (C=O) groups is 2. The molecule has 12 heavy (non-hydrogen) atoms. The summed E-state index contributed by atoms with van der Waals surface area (Å²) in [5.41, 5.74) is 0. The smallest absolute Gasteiger partial charge is 0.231 e.